The van der Waals surface area contributed by atoms with Crippen LogP contribution < -0.4 is 5.73 Å². The summed E-state index contributed by atoms with van der Waals surface area (Å²) in [6, 6.07) is 10.2. The second-order valence-corrected chi connectivity index (χ2v) is 6.42. The summed E-state index contributed by atoms with van der Waals surface area (Å²) >= 11 is 0. The second-order valence-electron chi connectivity index (χ2n) is 6.42. The molecule has 24 heavy (non-hydrogen) atoms. The van der Waals surface area contributed by atoms with E-state index in [1.54, 1.807) is 0 Å². The molecule has 1 amide bonds. The van der Waals surface area contributed by atoms with Crippen LogP contribution in [0.1, 0.15) is 47.7 Å². The van der Waals surface area contributed by atoms with Gasteiger partial charge in [-0.3, -0.25) is 9.78 Å². The number of fused-ring (bicyclic) bond motifs is 1. The topological polar surface area (TPSA) is 59.2 Å². The SMILES string of the molecule is Cl.Cl.NCC1CCCN1C(=O)c1cc(C2CC2)nc2ccccc12. The number of rotatable bonds is 3. The molecule has 2 aromatic rings. The van der Waals surface area contributed by atoms with Crippen molar-refractivity contribution in [3.05, 3.63) is 41.6 Å². The van der Waals surface area contributed by atoms with Gasteiger partial charge in [0.2, 0.25) is 0 Å². The van der Waals surface area contributed by atoms with Gasteiger partial charge in [0.1, 0.15) is 0 Å². The van der Waals surface area contributed by atoms with Crippen molar-refractivity contribution < 1.29 is 4.79 Å². The van der Waals surface area contributed by atoms with Gasteiger partial charge in [-0.25, -0.2) is 0 Å². The minimum Gasteiger partial charge on any atom is -0.334 e. The van der Waals surface area contributed by atoms with E-state index < -0.39 is 0 Å². The average Bonchev–Trinajstić information content (AvgIpc) is 3.30. The van der Waals surface area contributed by atoms with Crippen molar-refractivity contribution in [3.8, 4) is 0 Å². The van der Waals surface area contributed by atoms with Crippen LogP contribution in [0.3, 0.4) is 0 Å². The summed E-state index contributed by atoms with van der Waals surface area (Å²) in [6.07, 6.45) is 4.44. The Balaban J connectivity index is 0.00000104. The van der Waals surface area contributed by atoms with Crippen LogP contribution in [0, 0.1) is 0 Å². The van der Waals surface area contributed by atoms with Crippen molar-refractivity contribution in [1.29, 1.82) is 0 Å². The Morgan fingerprint density at radius 2 is 1.96 bits per heavy atom. The van der Waals surface area contributed by atoms with Crippen LogP contribution >= 0.6 is 24.8 Å². The Kier molecular flexibility index (Phi) is 6.07. The predicted octanol–water partition coefficient (Wildman–Crippen LogP) is 3.52. The molecule has 2 fully saturated rings. The lowest BCUT2D eigenvalue weighted by molar-refractivity contribution is 0.0743. The maximum atomic E-state index is 13.1. The molecule has 1 atom stereocenters. The van der Waals surface area contributed by atoms with Crippen molar-refractivity contribution in [1.82, 2.24) is 9.88 Å². The third-order valence-electron chi connectivity index (χ3n) is 4.87. The summed E-state index contributed by atoms with van der Waals surface area (Å²) < 4.78 is 0. The minimum atomic E-state index is 0. The second kappa shape index (κ2) is 7.68. The molecule has 2 heterocycles. The smallest absolute Gasteiger partial charge is 0.254 e. The summed E-state index contributed by atoms with van der Waals surface area (Å²) in [5.41, 5.74) is 8.64. The summed E-state index contributed by atoms with van der Waals surface area (Å²) in [5, 5.41) is 0.958. The maximum Gasteiger partial charge on any atom is 0.254 e. The zero-order valence-electron chi connectivity index (χ0n) is 13.5. The normalized spacial score (nSPS) is 19.7. The third kappa shape index (κ3) is 3.37. The van der Waals surface area contributed by atoms with E-state index in [1.165, 1.54) is 12.8 Å². The lowest BCUT2D eigenvalue weighted by Crippen LogP contribution is -2.40. The third-order valence-corrected chi connectivity index (χ3v) is 4.87. The zero-order valence-corrected chi connectivity index (χ0v) is 15.1. The number of amides is 1. The minimum absolute atomic E-state index is 0. The first-order valence-corrected chi connectivity index (χ1v) is 8.18. The first-order chi connectivity index (χ1) is 10.8. The number of likely N-dealkylation sites (tertiary alicyclic amines) is 1. The number of hydrogen-bond donors (Lipinski definition) is 1. The van der Waals surface area contributed by atoms with Gasteiger partial charge in [-0.1, -0.05) is 18.2 Å². The van der Waals surface area contributed by atoms with E-state index >= 15 is 0 Å². The highest BCUT2D eigenvalue weighted by atomic mass is 35.5. The van der Waals surface area contributed by atoms with Gasteiger partial charge < -0.3 is 10.6 Å². The number of nitrogens with two attached hydrogens (primary N) is 1. The van der Waals surface area contributed by atoms with Gasteiger partial charge in [-0.15, -0.1) is 24.8 Å². The number of nitrogens with zero attached hydrogens (tertiary/aromatic N) is 2. The molecule has 1 aliphatic heterocycles. The average molecular weight is 368 g/mol. The Morgan fingerprint density at radius 1 is 1.21 bits per heavy atom. The van der Waals surface area contributed by atoms with Crippen molar-refractivity contribution in [2.75, 3.05) is 13.1 Å². The van der Waals surface area contributed by atoms with Crippen LogP contribution in [0.5, 0.6) is 0 Å². The van der Waals surface area contributed by atoms with Crippen molar-refractivity contribution >= 4 is 41.6 Å². The standard InChI is InChI=1S/C18H21N3O.2ClH/c19-11-13-4-3-9-21(13)18(22)15-10-17(12-7-8-12)20-16-6-2-1-5-14(15)16;;/h1-2,5-6,10,12-13H,3-4,7-9,11,19H2;2*1H. The fourth-order valence-electron chi connectivity index (χ4n) is 3.46. The van der Waals surface area contributed by atoms with Crippen molar-refractivity contribution in [2.24, 2.45) is 5.73 Å². The summed E-state index contributed by atoms with van der Waals surface area (Å²) in [4.78, 5) is 19.8. The molecule has 1 saturated heterocycles. The van der Waals surface area contributed by atoms with E-state index in [-0.39, 0.29) is 36.8 Å². The first-order valence-electron chi connectivity index (χ1n) is 8.18. The van der Waals surface area contributed by atoms with Gasteiger partial charge in [0.05, 0.1) is 11.1 Å². The molecule has 0 bridgehead atoms. The molecule has 1 saturated carbocycles. The Morgan fingerprint density at radius 3 is 2.67 bits per heavy atom. The van der Waals surface area contributed by atoms with E-state index in [2.05, 4.69) is 0 Å². The van der Waals surface area contributed by atoms with Gasteiger partial charge in [0.15, 0.2) is 0 Å². The van der Waals surface area contributed by atoms with Crippen LogP contribution in [-0.2, 0) is 0 Å². The number of carbonyl (C=O) groups is 1. The highest BCUT2D eigenvalue weighted by molar-refractivity contribution is 6.06. The first kappa shape index (κ1) is 19.0. The fourth-order valence-corrected chi connectivity index (χ4v) is 3.46. The fraction of sp³-hybridized carbons (Fsp3) is 0.444. The van der Waals surface area contributed by atoms with E-state index in [1.807, 2.05) is 35.2 Å². The van der Waals surface area contributed by atoms with Crippen molar-refractivity contribution in [3.63, 3.8) is 0 Å². The lowest BCUT2D eigenvalue weighted by Gasteiger charge is -2.24. The van der Waals surface area contributed by atoms with Crippen LogP contribution in [0.2, 0.25) is 0 Å². The molecular formula is C18H23Cl2N3O. The lowest BCUT2D eigenvalue weighted by atomic mass is 10.0. The molecule has 1 unspecified atom stereocenters. The molecule has 1 aromatic carbocycles. The molecule has 0 spiro atoms. The largest absolute Gasteiger partial charge is 0.334 e. The van der Waals surface area contributed by atoms with Gasteiger partial charge >= 0.3 is 0 Å². The quantitative estimate of drug-likeness (QED) is 0.902. The van der Waals surface area contributed by atoms with E-state index in [4.69, 9.17) is 10.7 Å². The Hall–Kier alpha value is -1.36. The Bertz CT molecular complexity index is 733. The van der Waals surface area contributed by atoms with Gasteiger partial charge in [-0.05, 0) is 37.8 Å². The number of aromatic nitrogens is 1. The molecular weight excluding hydrogens is 345 g/mol. The molecule has 1 aromatic heterocycles. The number of benzene rings is 1. The van der Waals surface area contributed by atoms with Crippen LogP contribution in [0.25, 0.3) is 10.9 Å². The number of hydrogen-bond acceptors (Lipinski definition) is 3. The molecule has 6 heteroatoms. The zero-order chi connectivity index (χ0) is 15.1. The molecule has 4 rings (SSSR count). The Labute approximate surface area is 154 Å². The van der Waals surface area contributed by atoms with Gasteiger partial charge in [0.25, 0.3) is 5.91 Å². The number of pyridine rings is 1. The number of carbonyl (C=O) groups excluding carboxylic acids is 1. The number of para-hydroxylation sites is 1. The van der Waals surface area contributed by atoms with Crippen LogP contribution in [0.4, 0.5) is 0 Å². The maximum absolute atomic E-state index is 13.1. The van der Waals surface area contributed by atoms with E-state index in [0.717, 1.165) is 41.5 Å². The molecule has 0 radical (unpaired) electrons. The summed E-state index contributed by atoms with van der Waals surface area (Å²) in [7, 11) is 0. The monoisotopic (exact) mass is 367 g/mol. The van der Waals surface area contributed by atoms with Crippen molar-refractivity contribution in [2.45, 2.75) is 37.6 Å². The predicted molar refractivity (Wildman–Crippen MR) is 101 cm³/mol. The van der Waals surface area contributed by atoms with E-state index in [0.29, 0.717) is 12.5 Å². The van der Waals surface area contributed by atoms with Gasteiger partial charge in [0, 0.05) is 36.1 Å². The van der Waals surface area contributed by atoms with E-state index in [9.17, 15) is 4.79 Å². The molecule has 4 nitrogen and oxygen atoms in total. The highest BCUT2D eigenvalue weighted by Gasteiger charge is 2.31. The summed E-state index contributed by atoms with van der Waals surface area (Å²) in [6.45, 7) is 1.36. The molecule has 2 N–H and O–H groups in total. The van der Waals surface area contributed by atoms with Crippen LogP contribution in [0.15, 0.2) is 30.3 Å². The molecule has 1 aliphatic carbocycles. The summed E-state index contributed by atoms with van der Waals surface area (Å²) in [5.74, 6) is 0.661. The highest BCUT2D eigenvalue weighted by Crippen LogP contribution is 2.40. The van der Waals surface area contributed by atoms with Gasteiger partial charge in [-0.2, -0.15) is 0 Å². The van der Waals surface area contributed by atoms with Crippen LogP contribution in [-0.4, -0.2) is 34.9 Å². The molecule has 2 aliphatic rings. The number of halogens is 2. The molecule has 130 valence electrons.